The quantitative estimate of drug-likeness (QED) is 0.583. The normalized spacial score (nSPS) is 14.8. The van der Waals surface area contributed by atoms with Gasteiger partial charge in [-0.15, -0.1) is 0 Å². The smallest absolute Gasteiger partial charge is 0.221 e. The average Bonchev–Trinajstić information content (AvgIpc) is 2.96. The highest BCUT2D eigenvalue weighted by atomic mass is 16.1. The molecule has 14 heavy (non-hydrogen) atoms. The second-order valence-electron chi connectivity index (χ2n) is 3.59. The Kier molecular flexibility index (Phi) is 5.02. The summed E-state index contributed by atoms with van der Waals surface area (Å²) in [6.07, 6.45) is 4.32. The predicted octanol–water partition coefficient (Wildman–Crippen LogP) is 0.548. The fourth-order valence-electron chi connectivity index (χ4n) is 1.16. The Morgan fingerprint density at radius 1 is 1.43 bits per heavy atom. The molecule has 0 heterocycles. The third-order valence-electron chi connectivity index (χ3n) is 2.15. The number of amides is 1. The summed E-state index contributed by atoms with van der Waals surface area (Å²) in [6.45, 7) is 1.39. The molecular weight excluding hydrogens is 178 g/mol. The SMILES string of the molecule is N#CCCCNC(=O)CCNC1CC1. The maximum atomic E-state index is 11.2. The van der Waals surface area contributed by atoms with Gasteiger partial charge in [-0.2, -0.15) is 5.26 Å². The molecule has 1 aliphatic rings. The maximum absolute atomic E-state index is 11.2. The van der Waals surface area contributed by atoms with Crippen molar-refractivity contribution in [3.63, 3.8) is 0 Å². The first-order valence-corrected chi connectivity index (χ1v) is 5.20. The van der Waals surface area contributed by atoms with E-state index in [9.17, 15) is 4.79 Å². The van der Waals surface area contributed by atoms with E-state index in [0.717, 1.165) is 13.0 Å². The summed E-state index contributed by atoms with van der Waals surface area (Å²) in [7, 11) is 0. The zero-order valence-electron chi connectivity index (χ0n) is 8.38. The van der Waals surface area contributed by atoms with Crippen LogP contribution in [0.1, 0.15) is 32.1 Å². The van der Waals surface area contributed by atoms with Crippen LogP contribution in [0.2, 0.25) is 0 Å². The van der Waals surface area contributed by atoms with Crippen molar-refractivity contribution < 1.29 is 4.79 Å². The van der Waals surface area contributed by atoms with Crippen LogP contribution in [0.5, 0.6) is 0 Å². The van der Waals surface area contributed by atoms with Crippen molar-refractivity contribution >= 4 is 5.91 Å². The van der Waals surface area contributed by atoms with Crippen molar-refractivity contribution in [2.24, 2.45) is 0 Å². The number of hydrogen-bond acceptors (Lipinski definition) is 3. The topological polar surface area (TPSA) is 64.9 Å². The van der Waals surface area contributed by atoms with Gasteiger partial charge in [0.05, 0.1) is 6.07 Å². The minimum atomic E-state index is 0.0797. The summed E-state index contributed by atoms with van der Waals surface area (Å²) in [4.78, 5) is 11.2. The van der Waals surface area contributed by atoms with E-state index in [1.807, 2.05) is 6.07 Å². The third-order valence-corrected chi connectivity index (χ3v) is 2.15. The lowest BCUT2D eigenvalue weighted by Crippen LogP contribution is -2.29. The molecule has 0 unspecified atom stereocenters. The van der Waals surface area contributed by atoms with Crippen LogP contribution in [0.3, 0.4) is 0 Å². The highest BCUT2D eigenvalue weighted by molar-refractivity contribution is 5.75. The van der Waals surface area contributed by atoms with Gasteiger partial charge in [0.2, 0.25) is 5.91 Å². The number of carbonyl (C=O) groups is 1. The third kappa shape index (κ3) is 5.55. The van der Waals surface area contributed by atoms with E-state index < -0.39 is 0 Å². The summed E-state index contributed by atoms with van der Waals surface area (Å²) in [6, 6.07) is 2.71. The summed E-state index contributed by atoms with van der Waals surface area (Å²) < 4.78 is 0. The van der Waals surface area contributed by atoms with E-state index >= 15 is 0 Å². The Balaban J connectivity index is 1.85. The first kappa shape index (κ1) is 11.0. The largest absolute Gasteiger partial charge is 0.356 e. The standard InChI is InChI=1S/C10H17N3O/c11-6-1-2-7-13-10(14)5-8-12-9-3-4-9/h9,12H,1-5,7-8H2,(H,13,14). The second-order valence-corrected chi connectivity index (χ2v) is 3.59. The average molecular weight is 195 g/mol. The zero-order valence-corrected chi connectivity index (χ0v) is 8.38. The number of unbranched alkanes of at least 4 members (excludes halogenated alkanes) is 1. The number of nitrogens with one attached hydrogen (secondary N) is 2. The van der Waals surface area contributed by atoms with Gasteiger partial charge < -0.3 is 10.6 Å². The fraction of sp³-hybridized carbons (Fsp3) is 0.800. The maximum Gasteiger partial charge on any atom is 0.221 e. The van der Waals surface area contributed by atoms with E-state index in [-0.39, 0.29) is 5.91 Å². The van der Waals surface area contributed by atoms with Crippen LogP contribution in [-0.2, 0) is 4.79 Å². The molecule has 0 aromatic rings. The molecule has 1 aliphatic carbocycles. The van der Waals surface area contributed by atoms with Crippen LogP contribution in [-0.4, -0.2) is 25.0 Å². The Hall–Kier alpha value is -1.08. The van der Waals surface area contributed by atoms with Gasteiger partial charge in [0.15, 0.2) is 0 Å². The van der Waals surface area contributed by atoms with Crippen molar-refractivity contribution in [1.82, 2.24) is 10.6 Å². The molecule has 0 bridgehead atoms. The number of hydrogen-bond donors (Lipinski definition) is 2. The van der Waals surface area contributed by atoms with Crippen LogP contribution >= 0.6 is 0 Å². The van der Waals surface area contributed by atoms with E-state index in [1.54, 1.807) is 0 Å². The van der Waals surface area contributed by atoms with E-state index in [0.29, 0.717) is 25.4 Å². The predicted molar refractivity (Wildman–Crippen MR) is 53.5 cm³/mol. The molecular formula is C10H17N3O. The highest BCUT2D eigenvalue weighted by Crippen LogP contribution is 2.18. The van der Waals surface area contributed by atoms with Crippen LogP contribution in [0, 0.1) is 11.3 Å². The minimum Gasteiger partial charge on any atom is -0.356 e. The fourth-order valence-corrected chi connectivity index (χ4v) is 1.16. The molecule has 1 amide bonds. The molecule has 4 nitrogen and oxygen atoms in total. The molecule has 0 saturated heterocycles. The van der Waals surface area contributed by atoms with Crippen molar-refractivity contribution in [1.29, 1.82) is 5.26 Å². The van der Waals surface area contributed by atoms with Crippen molar-refractivity contribution in [3.8, 4) is 6.07 Å². The van der Waals surface area contributed by atoms with Gasteiger partial charge in [0.25, 0.3) is 0 Å². The van der Waals surface area contributed by atoms with E-state index in [4.69, 9.17) is 5.26 Å². The summed E-state index contributed by atoms with van der Waals surface area (Å²) in [5, 5.41) is 14.3. The van der Waals surface area contributed by atoms with Crippen LogP contribution in [0.15, 0.2) is 0 Å². The molecule has 1 rings (SSSR count). The first-order chi connectivity index (χ1) is 6.83. The Bertz CT molecular complexity index is 218. The molecule has 1 saturated carbocycles. The lowest BCUT2D eigenvalue weighted by Gasteiger charge is -2.04. The molecule has 0 atom stereocenters. The number of rotatable bonds is 7. The van der Waals surface area contributed by atoms with Gasteiger partial charge in [0, 0.05) is 32.0 Å². The van der Waals surface area contributed by atoms with Gasteiger partial charge in [-0.3, -0.25) is 4.79 Å². The lowest BCUT2D eigenvalue weighted by molar-refractivity contribution is -0.120. The monoisotopic (exact) mass is 195 g/mol. The molecule has 0 aromatic heterocycles. The van der Waals surface area contributed by atoms with Gasteiger partial charge in [-0.25, -0.2) is 0 Å². The molecule has 0 spiro atoms. The number of carbonyl (C=O) groups excluding carboxylic acids is 1. The molecule has 4 heteroatoms. The van der Waals surface area contributed by atoms with Crippen molar-refractivity contribution in [2.75, 3.05) is 13.1 Å². The van der Waals surface area contributed by atoms with Gasteiger partial charge in [-0.1, -0.05) is 0 Å². The van der Waals surface area contributed by atoms with E-state index in [2.05, 4.69) is 10.6 Å². The van der Waals surface area contributed by atoms with Crippen LogP contribution in [0.4, 0.5) is 0 Å². The molecule has 1 fully saturated rings. The summed E-state index contributed by atoms with van der Waals surface area (Å²) in [5.74, 6) is 0.0797. The Morgan fingerprint density at radius 2 is 2.21 bits per heavy atom. The highest BCUT2D eigenvalue weighted by Gasteiger charge is 2.19. The first-order valence-electron chi connectivity index (χ1n) is 5.20. The lowest BCUT2D eigenvalue weighted by atomic mass is 10.3. The second kappa shape index (κ2) is 6.39. The van der Waals surface area contributed by atoms with Gasteiger partial charge in [-0.05, 0) is 19.3 Å². The minimum absolute atomic E-state index is 0.0797. The molecule has 2 N–H and O–H groups in total. The molecule has 0 aliphatic heterocycles. The number of nitriles is 1. The Morgan fingerprint density at radius 3 is 2.86 bits per heavy atom. The molecule has 0 aromatic carbocycles. The summed E-state index contributed by atoms with van der Waals surface area (Å²) >= 11 is 0. The Labute approximate surface area is 84.7 Å². The molecule has 78 valence electrons. The van der Waals surface area contributed by atoms with Crippen molar-refractivity contribution in [2.45, 2.75) is 38.1 Å². The number of nitrogens with zero attached hydrogens (tertiary/aromatic N) is 1. The summed E-state index contributed by atoms with van der Waals surface area (Å²) in [5.41, 5.74) is 0. The molecule has 0 radical (unpaired) electrons. The zero-order chi connectivity index (χ0) is 10.2. The van der Waals surface area contributed by atoms with Crippen LogP contribution in [0.25, 0.3) is 0 Å². The van der Waals surface area contributed by atoms with E-state index in [1.165, 1.54) is 12.8 Å². The van der Waals surface area contributed by atoms with Crippen molar-refractivity contribution in [3.05, 3.63) is 0 Å². The van der Waals surface area contributed by atoms with Gasteiger partial charge >= 0.3 is 0 Å². The van der Waals surface area contributed by atoms with Gasteiger partial charge in [0.1, 0.15) is 0 Å². The van der Waals surface area contributed by atoms with Crippen LogP contribution < -0.4 is 10.6 Å².